The van der Waals surface area contributed by atoms with Gasteiger partial charge in [-0.25, -0.2) is 0 Å². The monoisotopic (exact) mass is 295 g/mol. The van der Waals surface area contributed by atoms with Crippen LogP contribution in [0.25, 0.3) is 0 Å². The molecule has 0 heterocycles. The number of hydrogen-bond donors (Lipinski definition) is 2. The molecular weight excluding hydrogens is 262 g/mol. The van der Waals surface area contributed by atoms with Crippen LogP contribution in [-0.4, -0.2) is 37.0 Å². The minimum atomic E-state index is 0.379. The number of hydrogen-bond acceptors (Lipinski definition) is 3. The summed E-state index contributed by atoms with van der Waals surface area (Å²) in [6, 6.07) is 0.661. The van der Waals surface area contributed by atoms with Crippen LogP contribution < -0.4 is 5.32 Å². The average Bonchev–Trinajstić information content (AvgIpc) is 2.98. The summed E-state index contributed by atoms with van der Waals surface area (Å²) in [6.45, 7) is 4.47. The third-order valence-electron chi connectivity index (χ3n) is 6.61. The number of ether oxygens (including phenoxy) is 1. The second kappa shape index (κ2) is 6.97. The van der Waals surface area contributed by atoms with Crippen molar-refractivity contribution < 1.29 is 9.84 Å². The lowest BCUT2D eigenvalue weighted by Crippen LogP contribution is -2.65. The van der Waals surface area contributed by atoms with Crippen molar-refractivity contribution in [3.05, 3.63) is 0 Å². The normalized spacial score (nSPS) is 38.6. The Morgan fingerprint density at radius 2 is 1.86 bits per heavy atom. The zero-order valence-electron chi connectivity index (χ0n) is 13.7. The van der Waals surface area contributed by atoms with Crippen LogP contribution in [0, 0.1) is 17.3 Å². The van der Waals surface area contributed by atoms with Gasteiger partial charge in [0.15, 0.2) is 0 Å². The van der Waals surface area contributed by atoms with E-state index in [9.17, 15) is 5.11 Å². The summed E-state index contributed by atoms with van der Waals surface area (Å²) in [4.78, 5) is 0. The van der Waals surface area contributed by atoms with Crippen LogP contribution in [0.2, 0.25) is 0 Å². The van der Waals surface area contributed by atoms with Gasteiger partial charge in [0, 0.05) is 24.7 Å². The van der Waals surface area contributed by atoms with Gasteiger partial charge in [-0.05, 0) is 57.4 Å². The molecule has 3 aliphatic carbocycles. The van der Waals surface area contributed by atoms with Crippen molar-refractivity contribution in [3.63, 3.8) is 0 Å². The second-order valence-corrected chi connectivity index (χ2v) is 7.57. The summed E-state index contributed by atoms with van der Waals surface area (Å²) in [5, 5.41) is 13.4. The molecule has 21 heavy (non-hydrogen) atoms. The van der Waals surface area contributed by atoms with Crippen LogP contribution in [0.5, 0.6) is 0 Å². The van der Waals surface area contributed by atoms with Gasteiger partial charge in [0.1, 0.15) is 0 Å². The largest absolute Gasteiger partial charge is 0.396 e. The van der Waals surface area contributed by atoms with Crippen molar-refractivity contribution in [2.45, 2.75) is 76.9 Å². The van der Waals surface area contributed by atoms with E-state index >= 15 is 0 Å². The molecule has 0 bridgehead atoms. The number of rotatable bonds is 6. The molecule has 4 atom stereocenters. The summed E-state index contributed by atoms with van der Waals surface area (Å²) in [5.41, 5.74) is 0.432. The molecule has 0 aromatic heterocycles. The molecular formula is C18H33NO2. The number of aliphatic hydroxyl groups excluding tert-OH is 1. The maximum Gasteiger partial charge on any atom is 0.0661 e. The lowest BCUT2D eigenvalue weighted by Gasteiger charge is -2.58. The van der Waals surface area contributed by atoms with Gasteiger partial charge in [-0.3, -0.25) is 0 Å². The Hall–Kier alpha value is -0.120. The fraction of sp³-hybridized carbons (Fsp3) is 1.00. The predicted octanol–water partition coefficient (Wildman–Crippen LogP) is 3.11. The van der Waals surface area contributed by atoms with E-state index in [1.165, 1.54) is 57.8 Å². The van der Waals surface area contributed by atoms with Crippen LogP contribution in [0.1, 0.15) is 64.7 Å². The smallest absolute Gasteiger partial charge is 0.0661 e. The first-order valence-electron chi connectivity index (χ1n) is 9.26. The van der Waals surface area contributed by atoms with Crippen LogP contribution >= 0.6 is 0 Å². The molecule has 4 unspecified atom stereocenters. The highest BCUT2D eigenvalue weighted by molar-refractivity contribution is 5.09. The highest BCUT2D eigenvalue weighted by Crippen LogP contribution is 2.53. The van der Waals surface area contributed by atoms with Crippen molar-refractivity contribution in [1.82, 2.24) is 5.32 Å². The second-order valence-electron chi connectivity index (χ2n) is 7.57. The molecule has 0 amide bonds. The Kier molecular flexibility index (Phi) is 5.23. The summed E-state index contributed by atoms with van der Waals surface area (Å²) in [6.07, 6.45) is 12.4. The molecule has 122 valence electrons. The lowest BCUT2D eigenvalue weighted by atomic mass is 9.55. The maximum atomic E-state index is 9.48. The maximum absolute atomic E-state index is 9.48. The molecule has 3 saturated carbocycles. The Bertz CT molecular complexity index is 327. The van der Waals surface area contributed by atoms with Crippen molar-refractivity contribution in [1.29, 1.82) is 0 Å². The summed E-state index contributed by atoms with van der Waals surface area (Å²) >= 11 is 0. The van der Waals surface area contributed by atoms with Gasteiger partial charge in [0.05, 0.1) is 6.10 Å². The van der Waals surface area contributed by atoms with Gasteiger partial charge >= 0.3 is 0 Å². The zero-order chi connectivity index (χ0) is 14.7. The van der Waals surface area contributed by atoms with E-state index in [-0.39, 0.29) is 0 Å². The molecule has 3 aliphatic rings. The summed E-state index contributed by atoms with van der Waals surface area (Å²) < 4.78 is 6.04. The number of aliphatic hydroxyl groups is 1. The third kappa shape index (κ3) is 3.02. The Balaban J connectivity index is 1.55. The van der Waals surface area contributed by atoms with Gasteiger partial charge in [-0.15, -0.1) is 0 Å². The van der Waals surface area contributed by atoms with Crippen LogP contribution in [0.15, 0.2) is 0 Å². The zero-order valence-corrected chi connectivity index (χ0v) is 13.7. The first-order valence-corrected chi connectivity index (χ1v) is 9.26. The van der Waals surface area contributed by atoms with E-state index in [1.54, 1.807) is 0 Å². The molecule has 0 radical (unpaired) electrons. The first-order chi connectivity index (χ1) is 10.3. The molecule has 3 rings (SSSR count). The van der Waals surface area contributed by atoms with Gasteiger partial charge < -0.3 is 15.2 Å². The Morgan fingerprint density at radius 1 is 1.10 bits per heavy atom. The van der Waals surface area contributed by atoms with Crippen LogP contribution in [-0.2, 0) is 4.74 Å². The van der Waals surface area contributed by atoms with Gasteiger partial charge in [-0.2, -0.15) is 0 Å². The fourth-order valence-corrected chi connectivity index (χ4v) is 5.27. The van der Waals surface area contributed by atoms with E-state index in [2.05, 4.69) is 12.2 Å². The Labute approximate surface area is 129 Å². The summed E-state index contributed by atoms with van der Waals surface area (Å²) in [7, 11) is 0. The van der Waals surface area contributed by atoms with E-state index in [0.29, 0.717) is 36.0 Å². The molecule has 0 aromatic rings. The predicted molar refractivity (Wildman–Crippen MR) is 85.3 cm³/mol. The first kappa shape index (κ1) is 15.8. The molecule has 2 N–H and O–H groups in total. The highest BCUT2D eigenvalue weighted by atomic mass is 16.5. The average molecular weight is 295 g/mol. The quantitative estimate of drug-likeness (QED) is 0.791. The van der Waals surface area contributed by atoms with Crippen LogP contribution in [0.3, 0.4) is 0 Å². The molecule has 0 aliphatic heterocycles. The summed E-state index contributed by atoms with van der Waals surface area (Å²) in [5.74, 6) is 1.24. The Morgan fingerprint density at radius 3 is 2.57 bits per heavy atom. The van der Waals surface area contributed by atoms with Crippen molar-refractivity contribution in [2.24, 2.45) is 17.3 Å². The van der Waals surface area contributed by atoms with Gasteiger partial charge in [-0.1, -0.05) is 25.7 Å². The van der Waals surface area contributed by atoms with E-state index in [0.717, 1.165) is 13.2 Å². The third-order valence-corrected chi connectivity index (χ3v) is 6.61. The molecule has 0 saturated heterocycles. The molecule has 3 heteroatoms. The molecule has 1 spiro atoms. The molecule has 3 nitrogen and oxygen atoms in total. The SMILES string of the molecule is CCOC1CC(NCC2CCCC2CO)C12CCCCC2. The van der Waals surface area contributed by atoms with Gasteiger partial charge in [0.25, 0.3) is 0 Å². The topological polar surface area (TPSA) is 41.5 Å². The minimum Gasteiger partial charge on any atom is -0.396 e. The lowest BCUT2D eigenvalue weighted by molar-refractivity contribution is -0.150. The van der Waals surface area contributed by atoms with Gasteiger partial charge in [0.2, 0.25) is 0 Å². The fourth-order valence-electron chi connectivity index (χ4n) is 5.27. The van der Waals surface area contributed by atoms with E-state index in [1.807, 2.05) is 0 Å². The standard InChI is InChI=1S/C18H33NO2/c1-2-21-17-11-16(18(17)9-4-3-5-10-18)19-12-14-7-6-8-15(14)13-20/h14-17,19-20H,2-13H2,1H3. The minimum absolute atomic E-state index is 0.379. The van der Waals surface area contributed by atoms with E-state index < -0.39 is 0 Å². The van der Waals surface area contributed by atoms with E-state index in [4.69, 9.17) is 4.74 Å². The van der Waals surface area contributed by atoms with Crippen molar-refractivity contribution >= 4 is 0 Å². The molecule has 3 fully saturated rings. The number of nitrogens with one attached hydrogen (secondary N) is 1. The van der Waals surface area contributed by atoms with Crippen LogP contribution in [0.4, 0.5) is 0 Å². The van der Waals surface area contributed by atoms with Crippen molar-refractivity contribution in [3.8, 4) is 0 Å². The highest BCUT2D eigenvalue weighted by Gasteiger charge is 2.55. The van der Waals surface area contributed by atoms with Crippen molar-refractivity contribution in [2.75, 3.05) is 19.8 Å². The molecule has 0 aromatic carbocycles.